The quantitative estimate of drug-likeness (QED) is 0.844. The van der Waals surface area contributed by atoms with E-state index in [4.69, 9.17) is 5.26 Å². The van der Waals surface area contributed by atoms with Crippen LogP contribution in [0.5, 0.6) is 0 Å². The zero-order valence-corrected chi connectivity index (χ0v) is 10.4. The molecule has 0 saturated carbocycles. The molecule has 1 rings (SSSR count). The molecule has 0 aliphatic carbocycles. The minimum absolute atomic E-state index is 0.0400. The van der Waals surface area contributed by atoms with Gasteiger partial charge in [0, 0.05) is 13.1 Å². The topological polar surface area (TPSA) is 44.1 Å². The molecule has 0 unspecified atom stereocenters. The Morgan fingerprint density at radius 3 is 2.32 bits per heavy atom. The normalized spacial score (nSPS) is 10.9. The second kappa shape index (κ2) is 6.23. The number of rotatable bonds is 4. The van der Waals surface area contributed by atoms with Crippen LogP contribution >= 0.6 is 0 Å². The number of benzene rings is 1. The van der Waals surface area contributed by atoms with Crippen molar-refractivity contribution in [2.45, 2.75) is 26.1 Å². The number of carbonyl (C=O) groups is 1. The molecule has 1 aromatic carbocycles. The third-order valence-electron chi connectivity index (χ3n) is 2.48. The van der Waals surface area contributed by atoms with Crippen molar-refractivity contribution in [1.82, 2.24) is 4.90 Å². The molecular weight excluding hydrogens is 257 g/mol. The first kappa shape index (κ1) is 15.0. The summed E-state index contributed by atoms with van der Waals surface area (Å²) in [6.45, 7) is 1.63. The molecular formula is C13H13F3N2O. The predicted molar refractivity (Wildman–Crippen MR) is 62.9 cm³/mol. The van der Waals surface area contributed by atoms with E-state index in [1.54, 1.807) is 19.1 Å². The van der Waals surface area contributed by atoms with Crippen LogP contribution in [0, 0.1) is 11.3 Å². The Hall–Kier alpha value is -2.03. The van der Waals surface area contributed by atoms with Gasteiger partial charge in [0.25, 0.3) is 0 Å². The van der Waals surface area contributed by atoms with Crippen LogP contribution in [0.3, 0.4) is 0 Å². The molecule has 19 heavy (non-hydrogen) atoms. The lowest BCUT2D eigenvalue weighted by Crippen LogP contribution is -2.41. The summed E-state index contributed by atoms with van der Waals surface area (Å²) >= 11 is 0. The number of hydrogen-bond donors (Lipinski definition) is 0. The maximum atomic E-state index is 12.4. The Balaban J connectivity index is 2.83. The van der Waals surface area contributed by atoms with Gasteiger partial charge < -0.3 is 4.90 Å². The fraction of sp³-hybridized carbons (Fsp3) is 0.385. The fourth-order valence-corrected chi connectivity index (χ4v) is 1.61. The van der Waals surface area contributed by atoms with Crippen LogP contribution in [-0.4, -0.2) is 23.5 Å². The molecule has 1 amide bonds. The van der Waals surface area contributed by atoms with E-state index in [-0.39, 0.29) is 13.1 Å². The van der Waals surface area contributed by atoms with Crippen molar-refractivity contribution in [2.24, 2.45) is 0 Å². The fourth-order valence-electron chi connectivity index (χ4n) is 1.61. The molecule has 0 spiro atoms. The van der Waals surface area contributed by atoms with Gasteiger partial charge in [-0.25, -0.2) is 0 Å². The minimum atomic E-state index is -4.86. The first-order valence-corrected chi connectivity index (χ1v) is 5.73. The lowest BCUT2D eigenvalue weighted by Gasteiger charge is -2.23. The Kier molecular flexibility index (Phi) is 4.93. The summed E-state index contributed by atoms with van der Waals surface area (Å²) in [5.74, 6) is -1.83. The molecule has 0 aliphatic rings. The van der Waals surface area contributed by atoms with Crippen LogP contribution in [0.4, 0.5) is 13.2 Å². The summed E-state index contributed by atoms with van der Waals surface area (Å²) in [5.41, 5.74) is 0.984. The van der Waals surface area contributed by atoms with Crippen molar-refractivity contribution in [3.63, 3.8) is 0 Å². The highest BCUT2D eigenvalue weighted by Gasteiger charge is 2.42. The van der Waals surface area contributed by atoms with Gasteiger partial charge in [-0.1, -0.05) is 19.1 Å². The Bertz CT molecular complexity index is 474. The SMILES string of the molecule is CCCN(Cc1ccc(C#N)cc1)C(=O)C(F)(F)F. The second-order valence-corrected chi connectivity index (χ2v) is 4.03. The summed E-state index contributed by atoms with van der Waals surface area (Å²) in [4.78, 5) is 12.0. The molecule has 0 bridgehead atoms. The van der Waals surface area contributed by atoms with E-state index in [0.717, 1.165) is 4.90 Å². The maximum absolute atomic E-state index is 12.4. The zero-order valence-electron chi connectivity index (χ0n) is 10.4. The summed E-state index contributed by atoms with van der Waals surface area (Å²) in [5, 5.41) is 8.63. The molecule has 1 aromatic rings. The van der Waals surface area contributed by atoms with Gasteiger partial charge in [0.15, 0.2) is 0 Å². The molecule has 3 nitrogen and oxygen atoms in total. The smallest absolute Gasteiger partial charge is 0.331 e. The Morgan fingerprint density at radius 1 is 1.32 bits per heavy atom. The van der Waals surface area contributed by atoms with Crippen LogP contribution in [-0.2, 0) is 11.3 Å². The third-order valence-corrected chi connectivity index (χ3v) is 2.48. The van der Waals surface area contributed by atoms with Crippen LogP contribution < -0.4 is 0 Å². The standard InChI is InChI=1S/C13H13F3N2O/c1-2-7-18(12(19)13(14,15)16)9-11-5-3-10(8-17)4-6-11/h3-6H,2,7,9H2,1H3. The van der Waals surface area contributed by atoms with Crippen molar-refractivity contribution in [2.75, 3.05) is 6.54 Å². The Labute approximate surface area is 109 Å². The van der Waals surface area contributed by atoms with Gasteiger partial charge in [-0.3, -0.25) is 4.79 Å². The molecule has 0 N–H and O–H groups in total. The average molecular weight is 270 g/mol. The van der Waals surface area contributed by atoms with E-state index in [0.29, 0.717) is 17.5 Å². The van der Waals surface area contributed by atoms with Gasteiger partial charge >= 0.3 is 12.1 Å². The molecule has 0 aliphatic heterocycles. The highest BCUT2D eigenvalue weighted by Crippen LogP contribution is 2.20. The lowest BCUT2D eigenvalue weighted by atomic mass is 10.1. The number of nitriles is 1. The van der Waals surface area contributed by atoms with Crippen LogP contribution in [0.15, 0.2) is 24.3 Å². The van der Waals surface area contributed by atoms with Crippen molar-refractivity contribution in [1.29, 1.82) is 5.26 Å². The highest BCUT2D eigenvalue weighted by atomic mass is 19.4. The van der Waals surface area contributed by atoms with E-state index in [1.165, 1.54) is 12.1 Å². The van der Waals surface area contributed by atoms with E-state index < -0.39 is 12.1 Å². The van der Waals surface area contributed by atoms with E-state index >= 15 is 0 Å². The third kappa shape index (κ3) is 4.28. The van der Waals surface area contributed by atoms with Gasteiger partial charge in [-0.2, -0.15) is 18.4 Å². The molecule has 0 radical (unpaired) electrons. The van der Waals surface area contributed by atoms with Gasteiger partial charge in [-0.05, 0) is 24.1 Å². The zero-order chi connectivity index (χ0) is 14.5. The molecule has 0 aromatic heterocycles. The number of halogens is 3. The molecule has 102 valence electrons. The summed E-state index contributed by atoms with van der Waals surface area (Å²) in [6, 6.07) is 8.03. The van der Waals surface area contributed by atoms with Gasteiger partial charge in [0.1, 0.15) is 0 Å². The van der Waals surface area contributed by atoms with Gasteiger partial charge in [-0.15, -0.1) is 0 Å². The molecule has 0 heterocycles. The Morgan fingerprint density at radius 2 is 1.89 bits per heavy atom. The monoisotopic (exact) mass is 270 g/mol. The summed E-state index contributed by atoms with van der Waals surface area (Å²) in [6.07, 6.45) is -4.42. The van der Waals surface area contributed by atoms with Crippen LogP contribution in [0.25, 0.3) is 0 Å². The molecule has 0 fully saturated rings. The van der Waals surface area contributed by atoms with Crippen LogP contribution in [0.1, 0.15) is 24.5 Å². The van der Waals surface area contributed by atoms with Crippen molar-refractivity contribution < 1.29 is 18.0 Å². The first-order chi connectivity index (χ1) is 8.88. The number of carbonyl (C=O) groups excluding carboxylic acids is 1. The lowest BCUT2D eigenvalue weighted by molar-refractivity contribution is -0.186. The second-order valence-electron chi connectivity index (χ2n) is 4.03. The van der Waals surface area contributed by atoms with Crippen molar-refractivity contribution >= 4 is 5.91 Å². The number of nitrogens with zero attached hydrogens (tertiary/aromatic N) is 2. The highest BCUT2D eigenvalue weighted by molar-refractivity contribution is 5.81. The first-order valence-electron chi connectivity index (χ1n) is 5.73. The van der Waals surface area contributed by atoms with Gasteiger partial charge in [0.2, 0.25) is 0 Å². The number of hydrogen-bond acceptors (Lipinski definition) is 2. The largest absolute Gasteiger partial charge is 0.471 e. The summed E-state index contributed by atoms with van der Waals surface area (Å²) < 4.78 is 37.2. The van der Waals surface area contributed by atoms with Crippen molar-refractivity contribution in [3.8, 4) is 6.07 Å². The number of alkyl halides is 3. The van der Waals surface area contributed by atoms with Crippen molar-refractivity contribution in [3.05, 3.63) is 35.4 Å². The average Bonchev–Trinajstić information content (AvgIpc) is 2.37. The van der Waals surface area contributed by atoms with Gasteiger partial charge in [0.05, 0.1) is 11.6 Å². The van der Waals surface area contributed by atoms with E-state index in [9.17, 15) is 18.0 Å². The summed E-state index contributed by atoms with van der Waals surface area (Å²) in [7, 11) is 0. The van der Waals surface area contributed by atoms with E-state index in [2.05, 4.69) is 0 Å². The molecule has 6 heteroatoms. The molecule has 0 saturated heterocycles. The predicted octanol–water partition coefficient (Wildman–Crippen LogP) is 2.86. The number of amides is 1. The van der Waals surface area contributed by atoms with E-state index in [1.807, 2.05) is 6.07 Å². The minimum Gasteiger partial charge on any atom is -0.331 e. The molecule has 0 atom stereocenters. The van der Waals surface area contributed by atoms with Crippen LogP contribution in [0.2, 0.25) is 0 Å². The maximum Gasteiger partial charge on any atom is 0.471 e.